The first-order chi connectivity index (χ1) is 9.42. The molecule has 2 rings (SSSR count). The molecule has 1 aromatic carbocycles. The molecule has 1 heterocycles. The summed E-state index contributed by atoms with van der Waals surface area (Å²) in [7, 11) is 0. The van der Waals surface area contributed by atoms with Crippen molar-refractivity contribution in [3.05, 3.63) is 28.2 Å². The molecule has 1 aliphatic rings. The van der Waals surface area contributed by atoms with Crippen LogP contribution in [0.5, 0.6) is 0 Å². The fraction of sp³-hybridized carbons (Fsp3) is 0.500. The van der Waals surface area contributed by atoms with Gasteiger partial charge in [-0.05, 0) is 25.1 Å². The lowest BCUT2D eigenvalue weighted by Gasteiger charge is -2.17. The van der Waals surface area contributed by atoms with E-state index in [-0.39, 0.29) is 11.3 Å². The number of rotatable bonds is 4. The second-order valence-corrected chi connectivity index (χ2v) is 6.68. The van der Waals surface area contributed by atoms with Gasteiger partial charge in [0, 0.05) is 11.4 Å². The quantitative estimate of drug-likeness (QED) is 0.742. The fourth-order valence-corrected chi connectivity index (χ4v) is 2.97. The minimum absolute atomic E-state index is 0.0301. The zero-order valence-corrected chi connectivity index (χ0v) is 13.2. The predicted octanol–water partition coefficient (Wildman–Crippen LogP) is 0.469. The van der Waals surface area contributed by atoms with E-state index in [1.165, 1.54) is 4.90 Å². The number of likely N-dealkylation sites (tertiary alicyclic amines) is 1. The van der Waals surface area contributed by atoms with Crippen LogP contribution >= 0.6 is 23.2 Å². The average molecular weight is 318 g/mol. The highest BCUT2D eigenvalue weighted by atomic mass is 35.5. The van der Waals surface area contributed by atoms with Crippen molar-refractivity contribution in [3.8, 4) is 0 Å². The Kier molecular flexibility index (Phi) is 4.91. The van der Waals surface area contributed by atoms with Crippen molar-refractivity contribution in [2.45, 2.75) is 13.3 Å². The van der Waals surface area contributed by atoms with Gasteiger partial charge >= 0.3 is 0 Å². The van der Waals surface area contributed by atoms with Gasteiger partial charge in [0.25, 0.3) is 5.91 Å². The van der Waals surface area contributed by atoms with E-state index in [0.29, 0.717) is 22.3 Å². The van der Waals surface area contributed by atoms with Crippen LogP contribution in [0.15, 0.2) is 18.2 Å². The lowest BCUT2D eigenvalue weighted by Crippen LogP contribution is -3.11. The van der Waals surface area contributed by atoms with E-state index in [9.17, 15) is 4.79 Å². The summed E-state index contributed by atoms with van der Waals surface area (Å²) in [6.45, 7) is 5.62. The summed E-state index contributed by atoms with van der Waals surface area (Å²) in [6, 6.07) is 5.05. The first-order valence-electron chi connectivity index (χ1n) is 6.79. The maximum atomic E-state index is 12.1. The average Bonchev–Trinajstić information content (AvgIpc) is 2.76. The van der Waals surface area contributed by atoms with E-state index < -0.39 is 0 Å². The van der Waals surface area contributed by atoms with E-state index >= 15 is 0 Å². The highest BCUT2D eigenvalue weighted by molar-refractivity contribution is 6.35. The molecule has 1 aromatic rings. The van der Waals surface area contributed by atoms with Crippen molar-refractivity contribution in [2.24, 2.45) is 5.41 Å². The Morgan fingerprint density at radius 3 is 2.90 bits per heavy atom. The zero-order valence-electron chi connectivity index (χ0n) is 11.6. The second kappa shape index (κ2) is 6.31. The Bertz CT molecular complexity index is 509. The molecule has 0 aromatic heterocycles. The molecule has 1 saturated heterocycles. The lowest BCUT2D eigenvalue weighted by atomic mass is 9.90. The minimum Gasteiger partial charge on any atom is -0.357 e. The normalized spacial score (nSPS) is 25.7. The topological polar surface area (TPSA) is 61.2 Å². The van der Waals surface area contributed by atoms with Crippen molar-refractivity contribution in [3.63, 3.8) is 0 Å². The van der Waals surface area contributed by atoms with Crippen molar-refractivity contribution in [1.82, 2.24) is 0 Å². The van der Waals surface area contributed by atoms with Crippen molar-refractivity contribution in [1.29, 1.82) is 0 Å². The van der Waals surface area contributed by atoms with Gasteiger partial charge < -0.3 is 16.0 Å². The fourth-order valence-electron chi connectivity index (χ4n) is 2.64. The molecule has 2 unspecified atom stereocenters. The van der Waals surface area contributed by atoms with Gasteiger partial charge in [0.2, 0.25) is 0 Å². The highest BCUT2D eigenvalue weighted by Crippen LogP contribution is 2.25. The van der Waals surface area contributed by atoms with Crippen LogP contribution in [0.4, 0.5) is 5.69 Å². The number of halogens is 2. The third-order valence-electron chi connectivity index (χ3n) is 3.98. The molecule has 0 spiro atoms. The summed E-state index contributed by atoms with van der Waals surface area (Å²) in [6.07, 6.45) is 1.12. The Balaban J connectivity index is 1.92. The number of nitrogens with one attached hydrogen (secondary N) is 2. The molecule has 2 atom stereocenters. The molecule has 0 bridgehead atoms. The third kappa shape index (κ3) is 3.85. The van der Waals surface area contributed by atoms with Crippen molar-refractivity contribution >= 4 is 34.8 Å². The van der Waals surface area contributed by atoms with Crippen LogP contribution in [0, 0.1) is 5.41 Å². The molecular weight excluding hydrogens is 297 g/mol. The smallest absolute Gasteiger partial charge is 0.279 e. The molecule has 0 aliphatic carbocycles. The number of anilines is 1. The summed E-state index contributed by atoms with van der Waals surface area (Å²) < 4.78 is 0. The van der Waals surface area contributed by atoms with Crippen LogP contribution in [0.1, 0.15) is 13.3 Å². The first kappa shape index (κ1) is 15.6. The minimum atomic E-state index is -0.0301. The molecule has 1 amide bonds. The van der Waals surface area contributed by atoms with Crippen molar-refractivity contribution < 1.29 is 15.4 Å². The molecule has 0 saturated carbocycles. The maximum absolute atomic E-state index is 12.1. The van der Waals surface area contributed by atoms with Gasteiger partial charge in [0.15, 0.2) is 6.54 Å². The summed E-state index contributed by atoms with van der Waals surface area (Å²) in [5.41, 5.74) is 4.84. The van der Waals surface area contributed by atoms with Crippen LogP contribution in [0.25, 0.3) is 0 Å². The van der Waals surface area contributed by atoms with E-state index in [0.717, 1.165) is 26.1 Å². The third-order valence-corrected chi connectivity index (χ3v) is 4.54. The molecule has 5 N–H and O–H groups in total. The van der Waals surface area contributed by atoms with Gasteiger partial charge in [-0.3, -0.25) is 4.79 Å². The van der Waals surface area contributed by atoms with Crippen LogP contribution < -0.4 is 16.0 Å². The SMILES string of the molecule is CC1(C[NH3+])CC[NH+](CC(=O)Nc2cc(Cl)ccc2Cl)C1. The Hall–Kier alpha value is -0.810. The molecule has 4 nitrogen and oxygen atoms in total. The predicted molar refractivity (Wildman–Crippen MR) is 81.1 cm³/mol. The zero-order chi connectivity index (χ0) is 14.8. The molecule has 6 heteroatoms. The van der Waals surface area contributed by atoms with E-state index in [2.05, 4.69) is 18.0 Å². The Morgan fingerprint density at radius 2 is 2.25 bits per heavy atom. The molecular formula is C14H21Cl2N3O+2. The van der Waals surface area contributed by atoms with Gasteiger partial charge in [-0.15, -0.1) is 0 Å². The summed E-state index contributed by atoms with van der Waals surface area (Å²) in [5.74, 6) is -0.0301. The summed E-state index contributed by atoms with van der Waals surface area (Å²) in [5, 5.41) is 3.89. The van der Waals surface area contributed by atoms with Crippen LogP contribution in [-0.2, 0) is 4.79 Å². The number of amides is 1. The molecule has 110 valence electrons. The maximum Gasteiger partial charge on any atom is 0.279 e. The van der Waals surface area contributed by atoms with Crippen LogP contribution in [-0.4, -0.2) is 32.1 Å². The number of carbonyl (C=O) groups excluding carboxylic acids is 1. The standard InChI is InChI=1S/C14H19Cl2N3O/c1-14(8-17)4-5-19(9-14)7-13(20)18-12-6-10(15)2-3-11(12)16/h2-3,6H,4-5,7-9,17H2,1H3,(H,18,20)/p+2. The Morgan fingerprint density at radius 1 is 1.50 bits per heavy atom. The van der Waals surface area contributed by atoms with E-state index in [4.69, 9.17) is 23.2 Å². The van der Waals surface area contributed by atoms with E-state index in [1.807, 2.05) is 0 Å². The number of quaternary nitrogens is 2. The van der Waals surface area contributed by atoms with Gasteiger partial charge in [-0.2, -0.15) is 0 Å². The number of benzene rings is 1. The van der Waals surface area contributed by atoms with Gasteiger partial charge in [-0.25, -0.2) is 0 Å². The van der Waals surface area contributed by atoms with Gasteiger partial charge in [-0.1, -0.05) is 23.2 Å². The monoisotopic (exact) mass is 317 g/mol. The van der Waals surface area contributed by atoms with Crippen LogP contribution in [0.2, 0.25) is 10.0 Å². The molecule has 1 fully saturated rings. The largest absolute Gasteiger partial charge is 0.357 e. The second-order valence-electron chi connectivity index (χ2n) is 5.84. The van der Waals surface area contributed by atoms with Gasteiger partial charge in [0.05, 0.1) is 35.8 Å². The highest BCUT2D eigenvalue weighted by Gasteiger charge is 2.38. The number of carbonyl (C=O) groups is 1. The molecule has 20 heavy (non-hydrogen) atoms. The summed E-state index contributed by atoms with van der Waals surface area (Å²) in [4.78, 5) is 13.4. The molecule has 0 radical (unpaired) electrons. The first-order valence-corrected chi connectivity index (χ1v) is 7.55. The number of hydrogen-bond acceptors (Lipinski definition) is 1. The van der Waals surface area contributed by atoms with Gasteiger partial charge in [0.1, 0.15) is 0 Å². The summed E-state index contributed by atoms with van der Waals surface area (Å²) >= 11 is 11.9. The molecule has 1 aliphatic heterocycles. The van der Waals surface area contributed by atoms with Crippen molar-refractivity contribution in [2.75, 3.05) is 31.5 Å². The van der Waals surface area contributed by atoms with Crippen LogP contribution in [0.3, 0.4) is 0 Å². The Labute approximate surface area is 129 Å². The van der Waals surface area contributed by atoms with E-state index in [1.54, 1.807) is 18.2 Å². The lowest BCUT2D eigenvalue weighted by molar-refractivity contribution is -0.882. The number of hydrogen-bond donors (Lipinski definition) is 3.